The number of thiazole rings is 1. The average Bonchev–Trinajstić information content (AvgIpc) is 2.99. The van der Waals surface area contributed by atoms with E-state index in [1.165, 1.54) is 35.0 Å². The summed E-state index contributed by atoms with van der Waals surface area (Å²) in [6, 6.07) is 0.640. The lowest BCUT2D eigenvalue weighted by atomic mass is 10.00. The van der Waals surface area contributed by atoms with Crippen molar-refractivity contribution in [2.24, 2.45) is 0 Å². The Hall–Kier alpha value is -1.93. The summed E-state index contributed by atoms with van der Waals surface area (Å²) >= 11 is 1.26. The molecular formula is C18H26N4O3S. The average molecular weight is 378 g/mol. The molecule has 8 heteroatoms. The number of amides is 1. The smallest absolute Gasteiger partial charge is 0.275 e. The Morgan fingerprint density at radius 1 is 1.46 bits per heavy atom. The second-order valence-corrected chi connectivity index (χ2v) is 7.65. The summed E-state index contributed by atoms with van der Waals surface area (Å²) < 4.78 is 1.36. The van der Waals surface area contributed by atoms with E-state index < -0.39 is 17.3 Å². The molecule has 0 saturated carbocycles. The second kappa shape index (κ2) is 8.18. The van der Waals surface area contributed by atoms with Crippen molar-refractivity contribution in [2.75, 3.05) is 19.6 Å². The molecule has 26 heavy (non-hydrogen) atoms. The van der Waals surface area contributed by atoms with Crippen LogP contribution < -0.4 is 10.9 Å². The van der Waals surface area contributed by atoms with Crippen LogP contribution >= 0.6 is 11.3 Å². The number of fused-ring (bicyclic) bond motifs is 1. The van der Waals surface area contributed by atoms with E-state index in [4.69, 9.17) is 0 Å². The molecule has 1 saturated heterocycles. The summed E-state index contributed by atoms with van der Waals surface area (Å²) in [6.45, 7) is 6.51. The van der Waals surface area contributed by atoms with E-state index in [2.05, 4.69) is 22.1 Å². The van der Waals surface area contributed by atoms with Gasteiger partial charge in [0.15, 0.2) is 10.5 Å². The van der Waals surface area contributed by atoms with Gasteiger partial charge in [0.1, 0.15) is 0 Å². The number of nitrogens with zero attached hydrogens (tertiary/aromatic N) is 3. The zero-order valence-electron chi connectivity index (χ0n) is 15.3. The third kappa shape index (κ3) is 3.76. The monoisotopic (exact) mass is 378 g/mol. The number of hydrogen-bond acceptors (Lipinski definition) is 6. The number of nitrogens with one attached hydrogen (secondary N) is 1. The van der Waals surface area contributed by atoms with Crippen molar-refractivity contribution >= 4 is 22.2 Å². The normalized spacial score (nSPS) is 18.3. The number of carbonyl (C=O) groups is 1. The van der Waals surface area contributed by atoms with Crippen molar-refractivity contribution < 1.29 is 9.90 Å². The van der Waals surface area contributed by atoms with Gasteiger partial charge in [-0.25, -0.2) is 0 Å². The van der Waals surface area contributed by atoms with Crippen molar-refractivity contribution in [3.05, 3.63) is 27.0 Å². The van der Waals surface area contributed by atoms with Crippen molar-refractivity contribution in [3.8, 4) is 5.88 Å². The van der Waals surface area contributed by atoms with Gasteiger partial charge in [-0.05, 0) is 39.2 Å². The third-order valence-electron chi connectivity index (χ3n) is 5.08. The maximum atomic E-state index is 12.5. The largest absolute Gasteiger partial charge is 0.492 e. The quantitative estimate of drug-likeness (QED) is 0.752. The van der Waals surface area contributed by atoms with E-state index in [0.717, 1.165) is 25.9 Å². The summed E-state index contributed by atoms with van der Waals surface area (Å²) in [5.41, 5.74) is -0.105. The predicted octanol–water partition coefficient (Wildman–Crippen LogP) is 2.15. The fraction of sp³-hybridized carbons (Fsp3) is 0.611. The molecule has 0 aromatic carbocycles. The third-order valence-corrected chi connectivity index (χ3v) is 6.02. The number of aromatic hydroxyl groups is 1. The molecule has 2 aromatic rings. The molecule has 1 atom stereocenters. The summed E-state index contributed by atoms with van der Waals surface area (Å²) in [5, 5.41) is 14.5. The molecule has 1 aliphatic heterocycles. The standard InChI is InChI=1S/C18H26N4O3S/c1-3-13-7-4-5-9-21(13)10-6-8-19-15(23)14-16(24)20-18-22(17(14)25)12(2)11-26-18/h11,13,24H,3-10H2,1-2H3,(H,19,23). The summed E-state index contributed by atoms with van der Waals surface area (Å²) in [5.74, 6) is -1.07. The number of aryl methyl sites for hydroxylation is 1. The van der Waals surface area contributed by atoms with Crippen LogP contribution in [0.4, 0.5) is 0 Å². The lowest BCUT2D eigenvalue weighted by Crippen LogP contribution is -2.41. The number of aromatic nitrogens is 2. The summed E-state index contributed by atoms with van der Waals surface area (Å²) in [4.78, 5) is 31.8. The molecule has 2 N–H and O–H groups in total. The van der Waals surface area contributed by atoms with Gasteiger partial charge in [-0.15, -0.1) is 11.3 Å². The van der Waals surface area contributed by atoms with E-state index in [1.54, 1.807) is 12.3 Å². The highest BCUT2D eigenvalue weighted by Gasteiger charge is 2.22. The first-order valence-electron chi connectivity index (χ1n) is 9.25. The summed E-state index contributed by atoms with van der Waals surface area (Å²) in [6.07, 6.45) is 5.75. The lowest BCUT2D eigenvalue weighted by Gasteiger charge is -2.35. The minimum absolute atomic E-state index is 0.284. The van der Waals surface area contributed by atoms with Crippen molar-refractivity contribution in [1.82, 2.24) is 19.6 Å². The first-order valence-corrected chi connectivity index (χ1v) is 10.1. The molecule has 1 unspecified atom stereocenters. The minimum Gasteiger partial charge on any atom is -0.492 e. The molecule has 1 fully saturated rings. The highest BCUT2D eigenvalue weighted by Crippen LogP contribution is 2.19. The SMILES string of the molecule is CCC1CCCCN1CCCNC(=O)c1c(O)nc2scc(C)n2c1=O. The molecule has 1 amide bonds. The van der Waals surface area contributed by atoms with Crippen molar-refractivity contribution in [3.63, 3.8) is 0 Å². The number of piperidine rings is 1. The molecule has 142 valence electrons. The number of hydrogen-bond donors (Lipinski definition) is 2. The van der Waals surface area contributed by atoms with Crippen molar-refractivity contribution in [2.45, 2.75) is 52.0 Å². The Morgan fingerprint density at radius 2 is 2.27 bits per heavy atom. The Kier molecular flexibility index (Phi) is 5.93. The molecule has 7 nitrogen and oxygen atoms in total. The van der Waals surface area contributed by atoms with E-state index in [-0.39, 0.29) is 5.56 Å². The molecule has 0 aliphatic carbocycles. The first-order chi connectivity index (χ1) is 12.5. The maximum absolute atomic E-state index is 12.5. The van der Waals surface area contributed by atoms with Crippen LogP contribution in [0.1, 0.15) is 55.1 Å². The molecule has 0 spiro atoms. The summed E-state index contributed by atoms with van der Waals surface area (Å²) in [7, 11) is 0. The zero-order valence-corrected chi connectivity index (χ0v) is 16.1. The van der Waals surface area contributed by atoms with Crippen LogP contribution in [0.25, 0.3) is 4.96 Å². The van der Waals surface area contributed by atoms with Crippen LogP contribution in [-0.4, -0.2) is 51.0 Å². The fourth-order valence-electron chi connectivity index (χ4n) is 3.66. The molecule has 3 heterocycles. The number of rotatable bonds is 6. The van der Waals surface area contributed by atoms with E-state index >= 15 is 0 Å². The molecule has 3 rings (SSSR count). The van der Waals surface area contributed by atoms with Gasteiger partial charge in [-0.1, -0.05) is 13.3 Å². The molecular weight excluding hydrogens is 352 g/mol. The van der Waals surface area contributed by atoms with Gasteiger partial charge in [0.05, 0.1) is 0 Å². The fourth-order valence-corrected chi connectivity index (χ4v) is 4.51. The van der Waals surface area contributed by atoms with Gasteiger partial charge in [-0.3, -0.25) is 14.0 Å². The molecule has 0 radical (unpaired) electrons. The zero-order chi connectivity index (χ0) is 18.7. The van der Waals surface area contributed by atoms with Crippen LogP contribution in [0.15, 0.2) is 10.2 Å². The Labute approximate surface area is 156 Å². The van der Waals surface area contributed by atoms with E-state index in [1.807, 2.05) is 0 Å². The van der Waals surface area contributed by atoms with Gasteiger partial charge < -0.3 is 15.3 Å². The predicted molar refractivity (Wildman–Crippen MR) is 102 cm³/mol. The van der Waals surface area contributed by atoms with Gasteiger partial charge >= 0.3 is 0 Å². The van der Waals surface area contributed by atoms with Gasteiger partial charge in [0, 0.05) is 30.2 Å². The Bertz CT molecular complexity index is 845. The van der Waals surface area contributed by atoms with Gasteiger partial charge in [0.2, 0.25) is 5.88 Å². The first kappa shape index (κ1) is 18.8. The maximum Gasteiger partial charge on any atom is 0.275 e. The molecule has 2 aromatic heterocycles. The lowest BCUT2D eigenvalue weighted by molar-refractivity contribution is 0.0942. The molecule has 1 aliphatic rings. The van der Waals surface area contributed by atoms with E-state index in [0.29, 0.717) is 23.2 Å². The topological polar surface area (TPSA) is 86.9 Å². The van der Waals surface area contributed by atoms with E-state index in [9.17, 15) is 14.7 Å². The van der Waals surface area contributed by atoms with Gasteiger partial charge in [-0.2, -0.15) is 4.98 Å². The Balaban J connectivity index is 1.61. The minimum atomic E-state index is -0.564. The van der Waals surface area contributed by atoms with Crippen LogP contribution in [0.3, 0.4) is 0 Å². The van der Waals surface area contributed by atoms with Crippen LogP contribution in [0.5, 0.6) is 5.88 Å². The van der Waals surface area contributed by atoms with Crippen LogP contribution in [0.2, 0.25) is 0 Å². The van der Waals surface area contributed by atoms with Crippen LogP contribution in [0, 0.1) is 6.92 Å². The number of likely N-dealkylation sites (tertiary alicyclic amines) is 1. The highest BCUT2D eigenvalue weighted by atomic mass is 32.1. The second-order valence-electron chi connectivity index (χ2n) is 6.81. The number of carbonyl (C=O) groups excluding carboxylic acids is 1. The Morgan fingerprint density at radius 3 is 3.04 bits per heavy atom. The highest BCUT2D eigenvalue weighted by molar-refractivity contribution is 7.15. The van der Waals surface area contributed by atoms with Crippen LogP contribution in [-0.2, 0) is 0 Å². The molecule has 0 bridgehead atoms. The van der Waals surface area contributed by atoms with Crippen molar-refractivity contribution in [1.29, 1.82) is 0 Å². The van der Waals surface area contributed by atoms with Gasteiger partial charge in [0.25, 0.3) is 11.5 Å².